The quantitative estimate of drug-likeness (QED) is 0.744. The first-order valence-electron chi connectivity index (χ1n) is 6.21. The summed E-state index contributed by atoms with van der Waals surface area (Å²) in [6, 6.07) is 3.65. The van der Waals surface area contributed by atoms with Gasteiger partial charge in [-0.05, 0) is 26.8 Å². The SMILES string of the molecule is CC(NCC(C)(C)NS(C)(=O)=O)c1ccc(O)cc1F. The lowest BCUT2D eigenvalue weighted by Crippen LogP contribution is -2.50. The molecular formula is C13H21FN2O3S. The van der Waals surface area contributed by atoms with Gasteiger partial charge in [-0.25, -0.2) is 17.5 Å². The zero-order valence-corrected chi connectivity index (χ0v) is 12.9. The van der Waals surface area contributed by atoms with Crippen LogP contribution < -0.4 is 10.0 Å². The van der Waals surface area contributed by atoms with Crippen LogP contribution in [0, 0.1) is 5.82 Å². The van der Waals surface area contributed by atoms with Gasteiger partial charge in [0, 0.05) is 29.8 Å². The Bertz CT molecular complexity index is 573. The summed E-state index contributed by atoms with van der Waals surface area (Å²) in [6.07, 6.45) is 1.10. The van der Waals surface area contributed by atoms with Crippen LogP contribution in [-0.4, -0.2) is 31.9 Å². The fraction of sp³-hybridized carbons (Fsp3) is 0.538. The van der Waals surface area contributed by atoms with Crippen molar-refractivity contribution >= 4 is 10.0 Å². The molecule has 5 nitrogen and oxygen atoms in total. The fourth-order valence-corrected chi connectivity index (χ4v) is 3.00. The largest absolute Gasteiger partial charge is 0.508 e. The van der Waals surface area contributed by atoms with Crippen molar-refractivity contribution in [1.82, 2.24) is 10.0 Å². The van der Waals surface area contributed by atoms with E-state index < -0.39 is 21.4 Å². The first kappa shape index (κ1) is 16.9. The lowest BCUT2D eigenvalue weighted by Gasteiger charge is -2.27. The highest BCUT2D eigenvalue weighted by molar-refractivity contribution is 7.88. The molecule has 0 bridgehead atoms. The fourth-order valence-electron chi connectivity index (χ4n) is 1.92. The predicted molar refractivity (Wildman–Crippen MR) is 76.5 cm³/mol. The van der Waals surface area contributed by atoms with Crippen LogP contribution in [-0.2, 0) is 10.0 Å². The second-order valence-electron chi connectivity index (χ2n) is 5.57. The van der Waals surface area contributed by atoms with Crippen molar-refractivity contribution in [3.05, 3.63) is 29.6 Å². The van der Waals surface area contributed by atoms with Crippen LogP contribution in [0.5, 0.6) is 5.75 Å². The summed E-state index contributed by atoms with van der Waals surface area (Å²) in [5.74, 6) is -0.628. The monoisotopic (exact) mass is 304 g/mol. The van der Waals surface area contributed by atoms with Gasteiger partial charge in [-0.3, -0.25) is 0 Å². The number of sulfonamides is 1. The molecule has 0 fully saturated rings. The molecular weight excluding hydrogens is 283 g/mol. The van der Waals surface area contributed by atoms with Crippen LogP contribution in [0.3, 0.4) is 0 Å². The van der Waals surface area contributed by atoms with Gasteiger partial charge >= 0.3 is 0 Å². The number of phenols is 1. The predicted octanol–water partition coefficient (Wildman–Crippen LogP) is 1.51. The van der Waals surface area contributed by atoms with Crippen molar-refractivity contribution in [2.45, 2.75) is 32.4 Å². The summed E-state index contributed by atoms with van der Waals surface area (Å²) in [5, 5.41) is 12.2. The molecule has 3 N–H and O–H groups in total. The van der Waals surface area contributed by atoms with E-state index in [0.29, 0.717) is 12.1 Å². The Kier molecular flexibility index (Phi) is 5.12. The molecule has 0 amide bonds. The number of benzene rings is 1. The summed E-state index contributed by atoms with van der Waals surface area (Å²) in [7, 11) is -3.31. The maximum Gasteiger partial charge on any atom is 0.209 e. The summed E-state index contributed by atoms with van der Waals surface area (Å²) < 4.78 is 38.6. The molecule has 1 aromatic rings. The zero-order chi connectivity index (χ0) is 15.6. The van der Waals surface area contributed by atoms with Gasteiger partial charge in [0.1, 0.15) is 11.6 Å². The number of hydrogen-bond acceptors (Lipinski definition) is 4. The van der Waals surface area contributed by atoms with E-state index in [1.807, 2.05) is 0 Å². The molecule has 0 aliphatic rings. The van der Waals surface area contributed by atoms with Crippen LogP contribution >= 0.6 is 0 Å². The van der Waals surface area contributed by atoms with Gasteiger partial charge in [-0.15, -0.1) is 0 Å². The van der Waals surface area contributed by atoms with E-state index in [4.69, 9.17) is 5.11 Å². The minimum absolute atomic E-state index is 0.127. The third kappa shape index (κ3) is 5.44. The van der Waals surface area contributed by atoms with Gasteiger partial charge in [0.15, 0.2) is 0 Å². The Hall–Kier alpha value is -1.18. The van der Waals surface area contributed by atoms with Crippen molar-refractivity contribution < 1.29 is 17.9 Å². The van der Waals surface area contributed by atoms with E-state index in [-0.39, 0.29) is 11.8 Å². The minimum atomic E-state index is -3.31. The van der Waals surface area contributed by atoms with Gasteiger partial charge < -0.3 is 10.4 Å². The van der Waals surface area contributed by atoms with Crippen molar-refractivity contribution in [2.24, 2.45) is 0 Å². The molecule has 7 heteroatoms. The molecule has 0 radical (unpaired) electrons. The number of hydrogen-bond donors (Lipinski definition) is 3. The summed E-state index contributed by atoms with van der Waals surface area (Å²) >= 11 is 0. The van der Waals surface area contributed by atoms with Crippen molar-refractivity contribution in [1.29, 1.82) is 0 Å². The minimum Gasteiger partial charge on any atom is -0.508 e. The lowest BCUT2D eigenvalue weighted by atomic mass is 10.0. The third-order valence-electron chi connectivity index (χ3n) is 2.76. The van der Waals surface area contributed by atoms with Gasteiger partial charge in [-0.2, -0.15) is 0 Å². The second kappa shape index (κ2) is 6.07. The molecule has 1 atom stereocenters. The standard InChI is InChI=1S/C13H21FN2O3S/c1-9(11-6-5-10(17)7-12(11)14)15-8-13(2,3)16-20(4,18)19/h5-7,9,15-17H,8H2,1-4H3. The van der Waals surface area contributed by atoms with Crippen LogP contribution in [0.25, 0.3) is 0 Å². The molecule has 114 valence electrons. The number of nitrogens with one attached hydrogen (secondary N) is 2. The Morgan fingerprint density at radius 2 is 2.00 bits per heavy atom. The molecule has 0 aromatic heterocycles. The highest BCUT2D eigenvalue weighted by Crippen LogP contribution is 2.21. The number of aromatic hydroxyl groups is 1. The number of rotatable bonds is 6. The molecule has 20 heavy (non-hydrogen) atoms. The van der Waals surface area contributed by atoms with Crippen molar-refractivity contribution in [3.8, 4) is 5.75 Å². The molecule has 1 aromatic carbocycles. The Labute approximate surface area is 119 Å². The van der Waals surface area contributed by atoms with Gasteiger partial charge in [0.25, 0.3) is 0 Å². The third-order valence-corrected chi connectivity index (χ3v) is 3.69. The van der Waals surface area contributed by atoms with Gasteiger partial charge in [0.2, 0.25) is 10.0 Å². The molecule has 0 spiro atoms. The molecule has 0 saturated heterocycles. The Morgan fingerprint density at radius 3 is 2.50 bits per heavy atom. The Balaban J connectivity index is 2.69. The summed E-state index contributed by atoms with van der Waals surface area (Å²) in [5.41, 5.74) is -0.271. The average Bonchev–Trinajstić information content (AvgIpc) is 2.22. The average molecular weight is 304 g/mol. The number of phenolic OH excluding ortho intramolecular Hbond substituents is 1. The van der Waals surface area contributed by atoms with Crippen molar-refractivity contribution in [2.75, 3.05) is 12.8 Å². The van der Waals surface area contributed by atoms with E-state index >= 15 is 0 Å². The molecule has 0 saturated carbocycles. The van der Waals surface area contributed by atoms with Gasteiger partial charge in [-0.1, -0.05) is 6.07 Å². The first-order valence-corrected chi connectivity index (χ1v) is 8.10. The van der Waals surface area contributed by atoms with Crippen LogP contribution in [0.4, 0.5) is 4.39 Å². The Morgan fingerprint density at radius 1 is 1.40 bits per heavy atom. The maximum absolute atomic E-state index is 13.7. The van der Waals surface area contributed by atoms with E-state index in [1.165, 1.54) is 12.1 Å². The molecule has 0 heterocycles. The van der Waals surface area contributed by atoms with E-state index in [0.717, 1.165) is 12.3 Å². The highest BCUT2D eigenvalue weighted by atomic mass is 32.2. The molecule has 1 rings (SSSR count). The molecule has 0 aliphatic heterocycles. The van der Waals surface area contributed by atoms with Crippen LogP contribution in [0.1, 0.15) is 32.4 Å². The van der Waals surface area contributed by atoms with Crippen LogP contribution in [0.2, 0.25) is 0 Å². The smallest absolute Gasteiger partial charge is 0.209 e. The highest BCUT2D eigenvalue weighted by Gasteiger charge is 2.23. The first-order chi connectivity index (χ1) is 9.00. The van der Waals surface area contributed by atoms with Crippen molar-refractivity contribution in [3.63, 3.8) is 0 Å². The van der Waals surface area contributed by atoms with E-state index in [9.17, 15) is 12.8 Å². The topological polar surface area (TPSA) is 78.4 Å². The molecule has 0 aliphatic carbocycles. The summed E-state index contributed by atoms with van der Waals surface area (Å²) in [6.45, 7) is 5.58. The van der Waals surface area contributed by atoms with E-state index in [2.05, 4.69) is 10.0 Å². The number of halogens is 1. The summed E-state index contributed by atoms with van der Waals surface area (Å²) in [4.78, 5) is 0. The second-order valence-corrected chi connectivity index (χ2v) is 7.31. The van der Waals surface area contributed by atoms with Crippen LogP contribution in [0.15, 0.2) is 18.2 Å². The normalized spacial score (nSPS) is 14.2. The lowest BCUT2D eigenvalue weighted by molar-refractivity contribution is 0.393. The van der Waals surface area contributed by atoms with E-state index in [1.54, 1.807) is 20.8 Å². The zero-order valence-electron chi connectivity index (χ0n) is 12.1. The molecule has 1 unspecified atom stereocenters. The maximum atomic E-state index is 13.7. The van der Waals surface area contributed by atoms with Gasteiger partial charge in [0.05, 0.1) is 6.26 Å².